The van der Waals surface area contributed by atoms with Crippen LogP contribution in [0.15, 0.2) is 17.6 Å². The summed E-state index contributed by atoms with van der Waals surface area (Å²) in [5.41, 5.74) is 0. The lowest BCUT2D eigenvalue weighted by molar-refractivity contribution is 0.576. The van der Waals surface area contributed by atoms with Crippen molar-refractivity contribution in [1.29, 1.82) is 0 Å². The molecule has 0 fully saturated rings. The van der Waals surface area contributed by atoms with E-state index in [0.717, 1.165) is 0 Å². The lowest BCUT2D eigenvalue weighted by atomic mass is 10.7. The monoisotopic (exact) mass is 240 g/mol. The molecule has 0 spiro atoms. The molecule has 0 unspecified atom stereocenters. The van der Waals surface area contributed by atoms with Crippen molar-refractivity contribution in [3.8, 4) is 0 Å². The van der Waals surface area contributed by atoms with Gasteiger partial charge in [0, 0.05) is 13.1 Å². The summed E-state index contributed by atoms with van der Waals surface area (Å²) in [7, 11) is -1.64. The largest absolute Gasteiger partial charge is 0.335 e. The summed E-state index contributed by atoms with van der Waals surface area (Å²) in [5, 5.41) is 2.92. The van der Waals surface area contributed by atoms with E-state index >= 15 is 0 Å². The van der Waals surface area contributed by atoms with Crippen molar-refractivity contribution in [3.63, 3.8) is 0 Å². The summed E-state index contributed by atoms with van der Waals surface area (Å²) in [4.78, 5) is 6.15. The Morgan fingerprint density at radius 3 is 2.71 bits per heavy atom. The molecule has 1 aromatic rings. The fourth-order valence-corrected chi connectivity index (χ4v) is 1.71. The van der Waals surface area contributed by atoms with Crippen molar-refractivity contribution >= 4 is 22.4 Å². The number of hydrogen-bond acceptors (Lipinski definition) is 4. The van der Waals surface area contributed by atoms with E-state index in [2.05, 4.69) is 20.0 Å². The number of halogens is 1. The van der Waals surface area contributed by atoms with Crippen molar-refractivity contribution in [1.82, 2.24) is 20.0 Å². The first-order valence-electron chi connectivity index (χ1n) is 3.79. The Labute approximate surface area is 89.0 Å². The van der Waals surface area contributed by atoms with Crippen LogP contribution in [-0.4, -0.2) is 38.5 Å². The lowest BCUT2D eigenvalue weighted by Crippen LogP contribution is -2.30. The molecule has 0 aliphatic rings. The molecule has 1 heterocycles. The highest BCUT2D eigenvalue weighted by molar-refractivity contribution is 7.89. The van der Waals surface area contributed by atoms with Crippen LogP contribution >= 0.6 is 12.4 Å². The van der Waals surface area contributed by atoms with Crippen LogP contribution < -0.4 is 10.0 Å². The molecule has 0 bridgehead atoms. The minimum atomic E-state index is -3.40. The van der Waals surface area contributed by atoms with Gasteiger partial charge < -0.3 is 10.3 Å². The molecule has 0 saturated carbocycles. The number of sulfonamides is 1. The van der Waals surface area contributed by atoms with Crippen LogP contribution in [0.1, 0.15) is 0 Å². The van der Waals surface area contributed by atoms with Gasteiger partial charge in [-0.1, -0.05) is 0 Å². The van der Waals surface area contributed by atoms with E-state index in [1.165, 1.54) is 12.5 Å². The number of H-pyrrole nitrogens is 1. The molecule has 14 heavy (non-hydrogen) atoms. The molecule has 0 amide bonds. The Morgan fingerprint density at radius 2 is 2.21 bits per heavy atom. The highest BCUT2D eigenvalue weighted by Gasteiger charge is 2.13. The maximum atomic E-state index is 11.4. The molecule has 6 nitrogen and oxygen atoms in total. The fourth-order valence-electron chi connectivity index (χ4n) is 0.778. The van der Waals surface area contributed by atoms with Gasteiger partial charge >= 0.3 is 0 Å². The quantitative estimate of drug-likeness (QED) is 0.596. The summed E-state index contributed by atoms with van der Waals surface area (Å²) in [6.45, 7) is 0.950. The zero-order valence-corrected chi connectivity index (χ0v) is 9.28. The average molecular weight is 241 g/mol. The predicted octanol–water partition coefficient (Wildman–Crippen LogP) is -0.671. The Hall–Kier alpha value is -0.630. The van der Waals surface area contributed by atoms with Crippen molar-refractivity contribution in [2.75, 3.05) is 20.1 Å². The highest BCUT2D eigenvalue weighted by atomic mass is 35.5. The molecule has 0 aliphatic heterocycles. The van der Waals surface area contributed by atoms with Gasteiger partial charge in [0.2, 0.25) is 0 Å². The number of hydrogen-bond donors (Lipinski definition) is 3. The first-order valence-corrected chi connectivity index (χ1v) is 5.28. The number of nitrogens with zero attached hydrogens (tertiary/aromatic N) is 1. The molecule has 0 aliphatic carbocycles. The molecule has 1 rings (SSSR count). The third-order valence-electron chi connectivity index (χ3n) is 1.43. The number of rotatable bonds is 5. The Kier molecular flexibility index (Phi) is 5.70. The van der Waals surface area contributed by atoms with Crippen molar-refractivity contribution in [2.24, 2.45) is 0 Å². The van der Waals surface area contributed by atoms with Gasteiger partial charge in [-0.05, 0) is 7.05 Å². The van der Waals surface area contributed by atoms with Gasteiger partial charge in [-0.3, -0.25) is 0 Å². The molecule has 1 aromatic heterocycles. The van der Waals surface area contributed by atoms with Crippen LogP contribution in [0, 0.1) is 0 Å². The third-order valence-corrected chi connectivity index (χ3v) is 2.82. The summed E-state index contributed by atoms with van der Waals surface area (Å²) < 4.78 is 25.1. The number of aromatic amines is 1. The van der Waals surface area contributed by atoms with Gasteiger partial charge in [0.15, 0.2) is 5.03 Å². The minimum absolute atomic E-state index is 0. The van der Waals surface area contributed by atoms with E-state index in [1.807, 2.05) is 0 Å². The number of aromatic nitrogens is 2. The summed E-state index contributed by atoms with van der Waals surface area (Å²) in [6.07, 6.45) is 2.59. The first-order chi connectivity index (χ1) is 6.17. The lowest BCUT2D eigenvalue weighted by Gasteiger charge is -2.02. The smallest absolute Gasteiger partial charge is 0.257 e. The predicted molar refractivity (Wildman–Crippen MR) is 55.0 cm³/mol. The Bertz CT molecular complexity index is 337. The molecule has 0 aromatic carbocycles. The van der Waals surface area contributed by atoms with Crippen molar-refractivity contribution in [2.45, 2.75) is 5.03 Å². The Morgan fingerprint density at radius 1 is 1.50 bits per heavy atom. The zero-order chi connectivity index (χ0) is 9.73. The zero-order valence-electron chi connectivity index (χ0n) is 7.65. The third kappa shape index (κ3) is 3.62. The normalized spacial score (nSPS) is 10.9. The SMILES string of the molecule is CNCCNS(=O)(=O)c1cnc[nH]1.Cl. The highest BCUT2D eigenvalue weighted by Crippen LogP contribution is 2.00. The van der Waals surface area contributed by atoms with E-state index in [4.69, 9.17) is 0 Å². The second kappa shape index (κ2) is 5.97. The van der Waals surface area contributed by atoms with E-state index < -0.39 is 10.0 Å². The van der Waals surface area contributed by atoms with Crippen LogP contribution in [0.2, 0.25) is 0 Å². The summed E-state index contributed by atoms with van der Waals surface area (Å²) >= 11 is 0. The topological polar surface area (TPSA) is 86.9 Å². The van der Waals surface area contributed by atoms with E-state index in [-0.39, 0.29) is 17.4 Å². The van der Waals surface area contributed by atoms with Gasteiger partial charge in [-0.2, -0.15) is 0 Å². The van der Waals surface area contributed by atoms with Crippen LogP contribution in [0.3, 0.4) is 0 Å². The van der Waals surface area contributed by atoms with E-state index in [1.54, 1.807) is 7.05 Å². The average Bonchev–Trinajstić information content (AvgIpc) is 2.56. The maximum Gasteiger partial charge on any atom is 0.257 e. The summed E-state index contributed by atoms with van der Waals surface area (Å²) in [6, 6.07) is 0. The standard InChI is InChI=1S/C6H12N4O2S.ClH/c1-7-2-3-10-13(11,12)6-4-8-5-9-6;/h4-5,7,10H,2-3H2,1H3,(H,8,9);1H. The van der Waals surface area contributed by atoms with E-state index in [0.29, 0.717) is 13.1 Å². The van der Waals surface area contributed by atoms with Gasteiger partial charge in [0.25, 0.3) is 10.0 Å². The van der Waals surface area contributed by atoms with Crippen molar-refractivity contribution in [3.05, 3.63) is 12.5 Å². The second-order valence-electron chi connectivity index (χ2n) is 2.42. The van der Waals surface area contributed by atoms with Gasteiger partial charge in [0.1, 0.15) is 0 Å². The van der Waals surface area contributed by atoms with Crippen molar-refractivity contribution < 1.29 is 8.42 Å². The minimum Gasteiger partial charge on any atom is -0.335 e. The van der Waals surface area contributed by atoms with Crippen LogP contribution in [0.5, 0.6) is 0 Å². The Balaban J connectivity index is 0.00000169. The number of nitrogens with one attached hydrogen (secondary N) is 3. The molecular weight excluding hydrogens is 228 g/mol. The van der Waals surface area contributed by atoms with Gasteiger partial charge in [0.05, 0.1) is 12.5 Å². The maximum absolute atomic E-state index is 11.4. The number of imidazole rings is 1. The molecule has 0 saturated heterocycles. The number of likely N-dealkylation sites (N-methyl/N-ethyl adjacent to an activating group) is 1. The molecular formula is C6H13ClN4O2S. The summed E-state index contributed by atoms with van der Waals surface area (Å²) in [5.74, 6) is 0. The van der Waals surface area contributed by atoms with Gasteiger partial charge in [-0.25, -0.2) is 18.1 Å². The fraction of sp³-hybridized carbons (Fsp3) is 0.500. The molecule has 82 valence electrons. The van der Waals surface area contributed by atoms with Crippen LogP contribution in [0.4, 0.5) is 0 Å². The molecule has 3 N–H and O–H groups in total. The molecule has 0 atom stereocenters. The van der Waals surface area contributed by atoms with Gasteiger partial charge in [-0.15, -0.1) is 12.4 Å². The molecule has 8 heteroatoms. The van der Waals surface area contributed by atoms with Crippen LogP contribution in [0.25, 0.3) is 0 Å². The second-order valence-corrected chi connectivity index (χ2v) is 4.15. The van der Waals surface area contributed by atoms with Crippen LogP contribution in [-0.2, 0) is 10.0 Å². The first kappa shape index (κ1) is 13.4. The van der Waals surface area contributed by atoms with E-state index in [9.17, 15) is 8.42 Å². The molecule has 0 radical (unpaired) electrons.